The van der Waals surface area contributed by atoms with Gasteiger partial charge in [0.1, 0.15) is 0 Å². The van der Waals surface area contributed by atoms with E-state index in [4.69, 9.17) is 0 Å². The van der Waals surface area contributed by atoms with Gasteiger partial charge in [-0.1, -0.05) is 34.1 Å². The van der Waals surface area contributed by atoms with Crippen LogP contribution in [0.1, 0.15) is 103 Å². The first-order valence-corrected chi connectivity index (χ1v) is 17.5. The van der Waals surface area contributed by atoms with Crippen molar-refractivity contribution in [3.63, 3.8) is 0 Å². The number of allylic oxidation sites excluding steroid dienone is 3. The number of alkyl halides is 2. The van der Waals surface area contributed by atoms with E-state index in [2.05, 4.69) is 76.2 Å². The molecule has 0 saturated carbocycles. The number of aryl methyl sites for hydroxylation is 1. The Morgan fingerprint density at radius 1 is 1.10 bits per heavy atom. The van der Waals surface area contributed by atoms with Crippen molar-refractivity contribution in [3.05, 3.63) is 56.2 Å². The largest absolute Gasteiger partial charge is 0.0649 e. The second-order valence-electron chi connectivity index (χ2n) is 10.8. The average Bonchev–Trinajstić information content (AvgIpc) is 2.67. The molecule has 1 aromatic rings. The first-order valence-electron chi connectivity index (χ1n) is 12.1. The average molecular weight is 523 g/mol. The second-order valence-corrected chi connectivity index (χ2v) is 16.3. The molecule has 0 amide bonds. The number of unbranched alkanes of at least 4 members (excludes halogenated alkanes) is 2. The molecule has 30 heavy (non-hydrogen) atoms. The Balaban J connectivity index is 0.000000469. The maximum absolute atomic E-state index is 4.49. The van der Waals surface area contributed by atoms with Crippen molar-refractivity contribution in [3.8, 4) is 0 Å². The summed E-state index contributed by atoms with van der Waals surface area (Å²) in [6, 6.07) is 5.13. The van der Waals surface area contributed by atoms with E-state index in [1.807, 2.05) is 0 Å². The quantitative estimate of drug-likeness (QED) is 0.156. The number of halogens is 1. The molecule has 0 spiro atoms. The van der Waals surface area contributed by atoms with Gasteiger partial charge in [0.2, 0.25) is 0 Å². The molecule has 0 saturated heterocycles. The fourth-order valence-electron chi connectivity index (χ4n) is 4.48. The molecular weight excluding hydrogens is 475 g/mol. The van der Waals surface area contributed by atoms with Crippen molar-refractivity contribution >= 4 is 19.8 Å². The number of hydrogen-bond donors (Lipinski definition) is 0. The van der Waals surface area contributed by atoms with E-state index in [0.717, 1.165) is 6.42 Å². The predicted molar refractivity (Wildman–Crippen MR) is 146 cm³/mol. The number of benzene rings is 1. The van der Waals surface area contributed by atoms with Crippen LogP contribution in [-0.4, -0.2) is 9.86 Å². The summed E-state index contributed by atoms with van der Waals surface area (Å²) in [6.45, 7) is 18.0. The Morgan fingerprint density at radius 3 is 2.33 bits per heavy atom. The summed E-state index contributed by atoms with van der Waals surface area (Å²) < 4.78 is 1.76. The summed E-state index contributed by atoms with van der Waals surface area (Å²) in [5, 5.41) is 0. The van der Waals surface area contributed by atoms with Crippen LogP contribution in [0.5, 0.6) is 0 Å². The molecule has 2 atom stereocenters. The van der Waals surface area contributed by atoms with E-state index in [1.54, 1.807) is 25.8 Å². The van der Waals surface area contributed by atoms with Crippen molar-refractivity contribution in [1.82, 2.24) is 0 Å². The Bertz CT molecular complexity index is 744. The fraction of sp³-hybridized carbons (Fsp3) is 0.655. The van der Waals surface area contributed by atoms with Gasteiger partial charge >= 0.3 is 157 Å². The fourth-order valence-corrected chi connectivity index (χ4v) is 7.37. The van der Waals surface area contributed by atoms with Crippen LogP contribution in [0, 0.1) is 14.9 Å². The summed E-state index contributed by atoms with van der Waals surface area (Å²) in [5.74, 6) is 1.32. The number of hydrogen-bond acceptors (Lipinski definition) is 0. The molecule has 170 valence electrons. The third kappa shape index (κ3) is 6.97. The maximum atomic E-state index is 4.49. The third-order valence-corrected chi connectivity index (χ3v) is 10.1. The van der Waals surface area contributed by atoms with Crippen molar-refractivity contribution in [2.24, 2.45) is 11.3 Å². The SMILES string of the molecule is C=C1Cc2cc(CCCCC)cc(I(C)C)c2C2C=C(C)CCC12.CCC(C)(C)C. The number of fused-ring (bicyclic) bond motifs is 3. The molecule has 0 aliphatic heterocycles. The van der Waals surface area contributed by atoms with Crippen LogP contribution in [-0.2, 0) is 12.8 Å². The summed E-state index contributed by atoms with van der Waals surface area (Å²) in [7, 11) is 0. The van der Waals surface area contributed by atoms with Gasteiger partial charge in [-0.05, 0) is 5.41 Å². The molecule has 0 aromatic heterocycles. The zero-order chi connectivity index (χ0) is 22.5. The van der Waals surface area contributed by atoms with E-state index < -0.39 is 19.8 Å². The smallest absolute Gasteiger partial charge is 0.0385 e. The van der Waals surface area contributed by atoms with Gasteiger partial charge in [-0.15, -0.1) is 0 Å². The zero-order valence-corrected chi connectivity index (χ0v) is 23.3. The first-order chi connectivity index (χ1) is 14.1. The van der Waals surface area contributed by atoms with Crippen LogP contribution in [0.15, 0.2) is 35.9 Å². The molecule has 3 rings (SSSR count). The Hall–Kier alpha value is -0.570. The minimum absolute atomic E-state index is 0.542. The molecule has 0 heterocycles. The second kappa shape index (κ2) is 11.3. The molecule has 2 unspecified atom stereocenters. The van der Waals surface area contributed by atoms with E-state index in [9.17, 15) is 0 Å². The molecular formula is C29H47I. The molecule has 0 radical (unpaired) electrons. The normalized spacial score (nSPS) is 21.1. The molecule has 0 N–H and O–H groups in total. The minimum Gasteiger partial charge on any atom is -0.0649 e. The van der Waals surface area contributed by atoms with Crippen molar-refractivity contribution in [2.75, 3.05) is 9.86 Å². The standard InChI is InChI=1S/C23H33I.C6H14/c1-6-7-8-9-18-14-19-13-17(3)20-11-10-16(2)12-21(20)23(19)22(15-18)24(4)5;1-5-6(2,3)4/h12,14-15,20-21H,3,6-11,13H2,1-2,4-5H3;5H2,1-4H3. The van der Waals surface area contributed by atoms with Gasteiger partial charge in [0, 0.05) is 0 Å². The van der Waals surface area contributed by atoms with Crippen LogP contribution in [0.2, 0.25) is 0 Å². The van der Waals surface area contributed by atoms with Crippen LogP contribution < -0.4 is 0 Å². The zero-order valence-electron chi connectivity index (χ0n) is 21.1. The summed E-state index contributed by atoms with van der Waals surface area (Å²) in [6.07, 6.45) is 12.8. The van der Waals surface area contributed by atoms with Crippen molar-refractivity contribution in [1.29, 1.82) is 0 Å². The van der Waals surface area contributed by atoms with E-state index in [1.165, 1.54) is 50.5 Å². The molecule has 1 heteroatoms. The molecule has 1 aromatic carbocycles. The molecule has 0 bridgehead atoms. The van der Waals surface area contributed by atoms with Gasteiger partial charge in [-0.2, -0.15) is 0 Å². The van der Waals surface area contributed by atoms with E-state index >= 15 is 0 Å². The monoisotopic (exact) mass is 522 g/mol. The summed E-state index contributed by atoms with van der Waals surface area (Å²) >= 11 is -1.01. The summed E-state index contributed by atoms with van der Waals surface area (Å²) in [5.41, 5.74) is 8.54. The Labute approximate surface area is 195 Å². The van der Waals surface area contributed by atoms with E-state index in [-0.39, 0.29) is 0 Å². The molecule has 0 fully saturated rings. The third-order valence-electron chi connectivity index (χ3n) is 6.83. The van der Waals surface area contributed by atoms with Crippen molar-refractivity contribution < 1.29 is 0 Å². The van der Waals surface area contributed by atoms with Crippen LogP contribution in [0.3, 0.4) is 0 Å². The van der Waals surface area contributed by atoms with Gasteiger partial charge in [-0.25, -0.2) is 0 Å². The van der Waals surface area contributed by atoms with Crippen LogP contribution in [0.25, 0.3) is 0 Å². The van der Waals surface area contributed by atoms with Crippen LogP contribution >= 0.6 is 19.8 Å². The topological polar surface area (TPSA) is 0 Å². The predicted octanol–water partition coefficient (Wildman–Crippen LogP) is 9.35. The first kappa shape index (κ1) is 25.7. The van der Waals surface area contributed by atoms with Crippen molar-refractivity contribution in [2.45, 2.75) is 98.8 Å². The minimum atomic E-state index is -1.01. The van der Waals surface area contributed by atoms with Gasteiger partial charge < -0.3 is 0 Å². The van der Waals surface area contributed by atoms with E-state index in [0.29, 0.717) is 17.3 Å². The van der Waals surface area contributed by atoms with Crippen LogP contribution in [0.4, 0.5) is 0 Å². The molecule has 2 aliphatic carbocycles. The maximum Gasteiger partial charge on any atom is -0.0385 e. The van der Waals surface area contributed by atoms with Gasteiger partial charge in [-0.3, -0.25) is 0 Å². The van der Waals surface area contributed by atoms with Gasteiger partial charge in [0.25, 0.3) is 0 Å². The van der Waals surface area contributed by atoms with Gasteiger partial charge in [0.15, 0.2) is 0 Å². The van der Waals surface area contributed by atoms with Gasteiger partial charge in [0.05, 0.1) is 0 Å². The number of rotatable bonds is 5. The molecule has 0 nitrogen and oxygen atoms in total. The summed E-state index contributed by atoms with van der Waals surface area (Å²) in [4.78, 5) is 5.04. The Kier molecular flexibility index (Phi) is 9.71. The Morgan fingerprint density at radius 2 is 1.77 bits per heavy atom. The molecule has 2 aliphatic rings.